The summed E-state index contributed by atoms with van der Waals surface area (Å²) in [6, 6.07) is 13.8. The zero-order valence-corrected chi connectivity index (χ0v) is 17.3. The number of aromatic nitrogens is 2. The number of para-hydroxylation sites is 1. The molecular weight excluding hydrogens is 380 g/mol. The van der Waals surface area contributed by atoms with Crippen LogP contribution in [0.4, 0.5) is 5.69 Å². The summed E-state index contributed by atoms with van der Waals surface area (Å²) >= 11 is 1.34. The fourth-order valence-corrected chi connectivity index (χ4v) is 4.55. The van der Waals surface area contributed by atoms with Crippen molar-refractivity contribution in [3.05, 3.63) is 58.9 Å². The Balaban J connectivity index is 1.56. The number of anilines is 1. The number of carbonyl (C=O) groups excluding carboxylic acids is 1. The van der Waals surface area contributed by atoms with E-state index in [0.717, 1.165) is 53.7 Å². The van der Waals surface area contributed by atoms with Crippen LogP contribution in [-0.2, 0) is 17.6 Å². The van der Waals surface area contributed by atoms with Crippen molar-refractivity contribution in [3.63, 3.8) is 0 Å². The molecule has 1 aliphatic rings. The second-order valence-electron chi connectivity index (χ2n) is 7.34. The smallest absolute Gasteiger partial charge is 0.237 e. The summed E-state index contributed by atoms with van der Waals surface area (Å²) in [4.78, 5) is 22.1. The molecule has 1 atom stereocenters. The van der Waals surface area contributed by atoms with Gasteiger partial charge in [-0.05, 0) is 63.3 Å². The molecule has 0 aliphatic heterocycles. The monoisotopic (exact) mass is 402 g/mol. The molecule has 0 spiro atoms. The number of fused-ring (bicyclic) bond motifs is 2. The van der Waals surface area contributed by atoms with Crippen LogP contribution >= 0.6 is 11.8 Å². The van der Waals surface area contributed by atoms with Crippen molar-refractivity contribution in [2.24, 2.45) is 0 Å². The number of amides is 1. The number of nitriles is 1. The third kappa shape index (κ3) is 4.10. The van der Waals surface area contributed by atoms with Crippen LogP contribution in [-0.4, -0.2) is 21.1 Å². The van der Waals surface area contributed by atoms with Crippen molar-refractivity contribution in [3.8, 4) is 6.07 Å². The predicted octanol–water partition coefficient (Wildman–Crippen LogP) is 4.81. The molecule has 0 fully saturated rings. The van der Waals surface area contributed by atoms with E-state index in [4.69, 9.17) is 4.98 Å². The number of hydrogen-bond acceptors (Lipinski definition) is 5. The van der Waals surface area contributed by atoms with Crippen molar-refractivity contribution < 1.29 is 4.79 Å². The van der Waals surface area contributed by atoms with Crippen LogP contribution in [0.15, 0.2) is 41.4 Å². The van der Waals surface area contributed by atoms with Gasteiger partial charge in [0.05, 0.1) is 22.0 Å². The fourth-order valence-electron chi connectivity index (χ4n) is 3.65. The van der Waals surface area contributed by atoms with E-state index in [1.807, 2.05) is 50.2 Å². The maximum Gasteiger partial charge on any atom is 0.237 e. The minimum Gasteiger partial charge on any atom is -0.324 e. The molecule has 1 aliphatic carbocycles. The summed E-state index contributed by atoms with van der Waals surface area (Å²) in [6.07, 6.45) is 4.19. The molecule has 1 N–H and O–H groups in total. The van der Waals surface area contributed by atoms with Crippen molar-refractivity contribution in [1.82, 2.24) is 9.97 Å². The molecule has 4 rings (SSSR count). The molecule has 0 saturated heterocycles. The highest BCUT2D eigenvalue weighted by atomic mass is 32.2. The number of hydrogen-bond donors (Lipinski definition) is 1. The molecule has 0 radical (unpaired) electrons. The summed E-state index contributed by atoms with van der Waals surface area (Å²) in [7, 11) is 0. The first-order valence-electron chi connectivity index (χ1n) is 9.82. The van der Waals surface area contributed by atoms with E-state index in [0.29, 0.717) is 10.6 Å². The van der Waals surface area contributed by atoms with Gasteiger partial charge in [-0.1, -0.05) is 30.0 Å². The van der Waals surface area contributed by atoms with E-state index >= 15 is 0 Å². The van der Waals surface area contributed by atoms with Crippen molar-refractivity contribution >= 4 is 34.3 Å². The summed E-state index contributed by atoms with van der Waals surface area (Å²) < 4.78 is 0. The second-order valence-corrected chi connectivity index (χ2v) is 8.67. The van der Waals surface area contributed by atoms with E-state index in [9.17, 15) is 10.1 Å². The topological polar surface area (TPSA) is 78.7 Å². The average molecular weight is 403 g/mol. The minimum atomic E-state index is -0.386. The maximum absolute atomic E-state index is 12.9. The predicted molar refractivity (Wildman–Crippen MR) is 116 cm³/mol. The van der Waals surface area contributed by atoms with Crippen LogP contribution in [0.2, 0.25) is 0 Å². The van der Waals surface area contributed by atoms with E-state index in [1.165, 1.54) is 17.3 Å². The van der Waals surface area contributed by atoms with Crippen molar-refractivity contribution in [1.29, 1.82) is 5.26 Å². The molecule has 6 heteroatoms. The van der Waals surface area contributed by atoms with Gasteiger partial charge < -0.3 is 5.32 Å². The molecule has 1 aromatic carbocycles. The van der Waals surface area contributed by atoms with Gasteiger partial charge in [-0.3, -0.25) is 9.78 Å². The highest BCUT2D eigenvalue weighted by molar-refractivity contribution is 8.00. The number of rotatable bonds is 4. The lowest BCUT2D eigenvalue weighted by Gasteiger charge is -2.18. The Kier molecular flexibility index (Phi) is 5.50. The first-order valence-corrected chi connectivity index (χ1v) is 10.7. The first kappa shape index (κ1) is 19.4. The molecule has 0 bridgehead atoms. The Morgan fingerprint density at radius 2 is 2.00 bits per heavy atom. The number of benzene rings is 1. The Morgan fingerprint density at radius 1 is 1.21 bits per heavy atom. The molecule has 3 aromatic rings. The zero-order valence-electron chi connectivity index (χ0n) is 16.5. The van der Waals surface area contributed by atoms with Gasteiger partial charge in [0.15, 0.2) is 0 Å². The van der Waals surface area contributed by atoms with E-state index in [2.05, 4.69) is 16.4 Å². The number of pyridine rings is 2. The minimum absolute atomic E-state index is 0.117. The van der Waals surface area contributed by atoms with Gasteiger partial charge in [-0.2, -0.15) is 5.26 Å². The van der Waals surface area contributed by atoms with Gasteiger partial charge in [-0.25, -0.2) is 4.98 Å². The van der Waals surface area contributed by atoms with E-state index in [1.54, 1.807) is 0 Å². The van der Waals surface area contributed by atoms with Gasteiger partial charge in [0.25, 0.3) is 0 Å². The van der Waals surface area contributed by atoms with E-state index < -0.39 is 0 Å². The number of nitrogens with zero attached hydrogens (tertiary/aromatic N) is 3. The lowest BCUT2D eigenvalue weighted by Crippen LogP contribution is -2.23. The molecular formula is C23H22N4OS. The summed E-state index contributed by atoms with van der Waals surface area (Å²) in [5.74, 6) is -0.117. The van der Waals surface area contributed by atoms with Gasteiger partial charge in [0, 0.05) is 16.8 Å². The van der Waals surface area contributed by atoms with E-state index in [-0.39, 0.29) is 11.2 Å². The third-order valence-corrected chi connectivity index (χ3v) is 6.25. The Labute approximate surface area is 174 Å². The van der Waals surface area contributed by atoms with Crippen LogP contribution in [0.5, 0.6) is 0 Å². The summed E-state index contributed by atoms with van der Waals surface area (Å²) in [5, 5.41) is 13.7. The number of aryl methyl sites for hydroxylation is 3. The molecule has 29 heavy (non-hydrogen) atoms. The standard InChI is InChI=1S/C23H22N4OS/c1-14-11-21(18-8-4-6-10-20(18)25-14)26-22(28)15(2)29-23-17(13-24)12-16-7-3-5-9-19(16)27-23/h4,6,8,10-12,15H,3,5,7,9H2,1-2H3,(H,25,26,28). The number of nitrogens with one attached hydrogen (secondary N) is 1. The van der Waals surface area contributed by atoms with Crippen LogP contribution in [0.1, 0.15) is 42.3 Å². The molecule has 1 amide bonds. The highest BCUT2D eigenvalue weighted by Gasteiger charge is 2.21. The lowest BCUT2D eigenvalue weighted by atomic mass is 9.95. The largest absolute Gasteiger partial charge is 0.324 e. The van der Waals surface area contributed by atoms with Gasteiger partial charge in [-0.15, -0.1) is 0 Å². The van der Waals surface area contributed by atoms with Crippen LogP contribution < -0.4 is 5.32 Å². The lowest BCUT2D eigenvalue weighted by molar-refractivity contribution is -0.115. The maximum atomic E-state index is 12.9. The Bertz CT molecular complexity index is 1140. The van der Waals surface area contributed by atoms with Gasteiger partial charge >= 0.3 is 0 Å². The second kappa shape index (κ2) is 8.22. The SMILES string of the molecule is Cc1cc(NC(=O)C(C)Sc2nc3c(cc2C#N)CCCC3)c2ccccc2n1. The van der Waals surface area contributed by atoms with Crippen LogP contribution in [0.3, 0.4) is 0 Å². The average Bonchev–Trinajstić information content (AvgIpc) is 2.73. The van der Waals surface area contributed by atoms with Crippen LogP contribution in [0, 0.1) is 18.3 Å². The Hall–Kier alpha value is -2.91. The number of thioether (sulfide) groups is 1. The summed E-state index contributed by atoms with van der Waals surface area (Å²) in [6.45, 7) is 3.76. The van der Waals surface area contributed by atoms with Gasteiger partial charge in [0.2, 0.25) is 5.91 Å². The molecule has 0 saturated carbocycles. The molecule has 146 valence electrons. The fraction of sp³-hybridized carbons (Fsp3) is 0.304. The quantitative estimate of drug-likeness (QED) is 0.634. The van der Waals surface area contributed by atoms with Gasteiger partial charge in [0.1, 0.15) is 11.1 Å². The molecule has 2 heterocycles. The third-order valence-electron chi connectivity index (χ3n) is 5.15. The number of carbonyl (C=O) groups is 1. The van der Waals surface area contributed by atoms with Crippen molar-refractivity contribution in [2.75, 3.05) is 5.32 Å². The zero-order chi connectivity index (χ0) is 20.4. The summed E-state index contributed by atoms with van der Waals surface area (Å²) in [5.41, 5.74) is 5.26. The molecule has 5 nitrogen and oxygen atoms in total. The first-order chi connectivity index (χ1) is 14.0. The highest BCUT2D eigenvalue weighted by Crippen LogP contribution is 2.31. The normalized spacial score (nSPS) is 14.1. The van der Waals surface area contributed by atoms with Crippen molar-refractivity contribution in [2.45, 2.75) is 49.8 Å². The molecule has 2 aromatic heterocycles. The molecule has 1 unspecified atom stereocenters. The van der Waals surface area contributed by atoms with Crippen LogP contribution in [0.25, 0.3) is 10.9 Å². The Morgan fingerprint density at radius 3 is 2.83 bits per heavy atom.